The molecule has 0 aliphatic heterocycles. The number of nitrogens with two attached hydrogens (primary N) is 1. The maximum absolute atomic E-state index is 13.1. The van der Waals surface area contributed by atoms with Gasteiger partial charge in [0.05, 0.1) is 25.1 Å². The van der Waals surface area contributed by atoms with Gasteiger partial charge in [-0.1, -0.05) is 13.8 Å². The Balaban J connectivity index is 2.15. The molecule has 2 rings (SSSR count). The largest absolute Gasteiger partial charge is 0.481 e. The molecule has 2 heterocycles. The lowest BCUT2D eigenvalue weighted by molar-refractivity contribution is -0.142. The van der Waals surface area contributed by atoms with Crippen LogP contribution in [0.5, 0.6) is 0 Å². The number of nitrogens with one attached hydrogen (secondary N) is 5. The number of imidazole rings is 2. The SMILES string of the molecule is CC(C)C(NC(=O)C(Cc1cnc[nH]1)NC(=O)C(N)CC(=O)O)C(=O)NC(Cc1cnc[nH]1)C(=O)O. The number of H-pyrrole nitrogens is 2. The number of carbonyl (C=O) groups is 5. The number of hydrogen-bond acceptors (Lipinski definition) is 8. The number of rotatable bonds is 14. The van der Waals surface area contributed by atoms with Crippen molar-refractivity contribution in [3.05, 3.63) is 36.4 Å². The van der Waals surface area contributed by atoms with Crippen LogP contribution in [0.15, 0.2) is 25.0 Å². The van der Waals surface area contributed by atoms with Gasteiger partial charge in [0.1, 0.15) is 18.1 Å². The fourth-order valence-corrected chi connectivity index (χ4v) is 3.25. The third-order valence-corrected chi connectivity index (χ3v) is 5.18. The molecule has 0 radical (unpaired) electrons. The van der Waals surface area contributed by atoms with Crippen LogP contribution in [0, 0.1) is 5.92 Å². The lowest BCUT2D eigenvalue weighted by atomic mass is 10.0. The van der Waals surface area contributed by atoms with Gasteiger partial charge in [0.15, 0.2) is 0 Å². The molecule has 0 aliphatic rings. The highest BCUT2D eigenvalue weighted by atomic mass is 16.4. The zero-order valence-electron chi connectivity index (χ0n) is 19.7. The van der Waals surface area contributed by atoms with E-state index >= 15 is 0 Å². The molecule has 0 saturated carbocycles. The summed E-state index contributed by atoms with van der Waals surface area (Å²) in [6.07, 6.45) is 4.86. The van der Waals surface area contributed by atoms with E-state index in [0.29, 0.717) is 11.4 Å². The highest BCUT2D eigenvalue weighted by Crippen LogP contribution is 2.07. The average molecular weight is 507 g/mol. The molecule has 15 heteroatoms. The normalized spacial score (nSPS) is 14.3. The van der Waals surface area contributed by atoms with Crippen LogP contribution < -0.4 is 21.7 Å². The van der Waals surface area contributed by atoms with E-state index in [1.54, 1.807) is 13.8 Å². The van der Waals surface area contributed by atoms with Crippen molar-refractivity contribution in [1.82, 2.24) is 35.9 Å². The Morgan fingerprint density at radius 1 is 0.861 bits per heavy atom. The first kappa shape index (κ1) is 28.0. The number of aliphatic carboxylic acids is 2. The Morgan fingerprint density at radius 3 is 1.83 bits per heavy atom. The Hall–Kier alpha value is -4.27. The summed E-state index contributed by atoms with van der Waals surface area (Å²) in [5.41, 5.74) is 6.58. The van der Waals surface area contributed by atoms with Crippen molar-refractivity contribution in [2.75, 3.05) is 0 Å². The summed E-state index contributed by atoms with van der Waals surface area (Å²) in [5.74, 6) is -5.37. The van der Waals surface area contributed by atoms with E-state index in [-0.39, 0.29) is 12.8 Å². The van der Waals surface area contributed by atoms with Gasteiger partial charge in [-0.05, 0) is 5.92 Å². The molecule has 196 valence electrons. The smallest absolute Gasteiger partial charge is 0.326 e. The van der Waals surface area contributed by atoms with Crippen molar-refractivity contribution in [3.63, 3.8) is 0 Å². The Kier molecular flexibility index (Phi) is 10.1. The van der Waals surface area contributed by atoms with Crippen molar-refractivity contribution in [2.24, 2.45) is 11.7 Å². The van der Waals surface area contributed by atoms with Crippen molar-refractivity contribution in [3.8, 4) is 0 Å². The molecule has 15 nitrogen and oxygen atoms in total. The lowest BCUT2D eigenvalue weighted by Crippen LogP contribution is -2.59. The Labute approximate surface area is 205 Å². The van der Waals surface area contributed by atoms with Gasteiger partial charge < -0.3 is 41.9 Å². The zero-order chi connectivity index (χ0) is 26.8. The highest BCUT2D eigenvalue weighted by molar-refractivity contribution is 5.95. The van der Waals surface area contributed by atoms with Crippen LogP contribution in [-0.2, 0) is 36.8 Å². The standard InChI is InChI=1S/C21H30N8O7/c1-10(2)17(20(34)28-15(21(35)36)4-12-7-24-9-26-12)29-19(33)14(3-11-6-23-8-25-11)27-18(32)13(22)5-16(30)31/h6-10,13-15,17H,3-5,22H2,1-2H3,(H,23,25)(H,24,26)(H,27,32)(H,28,34)(H,29,33)(H,30,31)(H,35,36). The van der Waals surface area contributed by atoms with Crippen LogP contribution in [-0.4, -0.2) is 84.0 Å². The summed E-state index contributed by atoms with van der Waals surface area (Å²) in [6.45, 7) is 3.31. The number of carbonyl (C=O) groups excluding carboxylic acids is 3. The van der Waals surface area contributed by atoms with Gasteiger partial charge in [0.2, 0.25) is 17.7 Å². The van der Waals surface area contributed by atoms with Gasteiger partial charge in [0.25, 0.3) is 0 Å². The third-order valence-electron chi connectivity index (χ3n) is 5.18. The topological polar surface area (TPSA) is 245 Å². The maximum atomic E-state index is 13.1. The number of hydrogen-bond donors (Lipinski definition) is 8. The molecule has 4 unspecified atom stereocenters. The molecular formula is C21H30N8O7. The first-order valence-corrected chi connectivity index (χ1v) is 11.0. The summed E-state index contributed by atoms with van der Waals surface area (Å²) in [7, 11) is 0. The van der Waals surface area contributed by atoms with Crippen LogP contribution in [0.25, 0.3) is 0 Å². The van der Waals surface area contributed by atoms with Gasteiger partial charge in [-0.15, -0.1) is 0 Å². The van der Waals surface area contributed by atoms with E-state index < -0.39 is 66.2 Å². The number of amides is 3. The first-order valence-electron chi connectivity index (χ1n) is 11.0. The van der Waals surface area contributed by atoms with Crippen LogP contribution >= 0.6 is 0 Å². The maximum Gasteiger partial charge on any atom is 0.326 e. The molecule has 0 fully saturated rings. The number of nitrogens with zero attached hydrogens (tertiary/aromatic N) is 2. The molecule has 3 amide bonds. The van der Waals surface area contributed by atoms with Gasteiger partial charge in [-0.2, -0.15) is 0 Å². The van der Waals surface area contributed by atoms with Crippen molar-refractivity contribution >= 4 is 29.7 Å². The first-order chi connectivity index (χ1) is 17.0. The van der Waals surface area contributed by atoms with Crippen LogP contribution in [0.3, 0.4) is 0 Å². The Bertz CT molecular complexity index is 1040. The fourth-order valence-electron chi connectivity index (χ4n) is 3.25. The number of carboxylic acids is 2. The fraction of sp³-hybridized carbons (Fsp3) is 0.476. The van der Waals surface area contributed by atoms with Crippen molar-refractivity contribution < 1.29 is 34.2 Å². The molecule has 9 N–H and O–H groups in total. The van der Waals surface area contributed by atoms with E-state index in [1.807, 2.05) is 0 Å². The lowest BCUT2D eigenvalue weighted by Gasteiger charge is -2.27. The zero-order valence-corrected chi connectivity index (χ0v) is 19.7. The molecule has 0 bridgehead atoms. The molecule has 4 atom stereocenters. The van der Waals surface area contributed by atoms with Crippen LogP contribution in [0.1, 0.15) is 31.7 Å². The van der Waals surface area contributed by atoms with Gasteiger partial charge in [-0.25, -0.2) is 14.8 Å². The quantitative estimate of drug-likeness (QED) is 0.139. The predicted octanol–water partition coefficient (Wildman–Crippen LogP) is -2.08. The second kappa shape index (κ2) is 13.0. The third kappa shape index (κ3) is 8.50. The minimum atomic E-state index is -1.40. The van der Waals surface area contributed by atoms with Gasteiger partial charge in [-0.3, -0.25) is 19.2 Å². The summed E-state index contributed by atoms with van der Waals surface area (Å²) in [6, 6.07) is -5.06. The van der Waals surface area contributed by atoms with Gasteiger partial charge in [0, 0.05) is 36.6 Å². The summed E-state index contributed by atoms with van der Waals surface area (Å²) in [5, 5.41) is 25.8. The number of carboxylic acid groups (broad SMARTS) is 2. The highest BCUT2D eigenvalue weighted by Gasteiger charge is 2.32. The number of aromatic nitrogens is 4. The molecule has 36 heavy (non-hydrogen) atoms. The molecular weight excluding hydrogens is 476 g/mol. The van der Waals surface area contributed by atoms with E-state index in [4.69, 9.17) is 10.8 Å². The second-order valence-corrected chi connectivity index (χ2v) is 8.46. The van der Waals surface area contributed by atoms with E-state index in [0.717, 1.165) is 0 Å². The summed E-state index contributed by atoms with van der Waals surface area (Å²) < 4.78 is 0. The van der Waals surface area contributed by atoms with Crippen LogP contribution in [0.4, 0.5) is 0 Å². The van der Waals surface area contributed by atoms with Gasteiger partial charge >= 0.3 is 11.9 Å². The van der Waals surface area contributed by atoms with Crippen molar-refractivity contribution in [2.45, 2.75) is 57.3 Å². The predicted molar refractivity (Wildman–Crippen MR) is 123 cm³/mol. The van der Waals surface area contributed by atoms with E-state index in [1.165, 1.54) is 25.0 Å². The molecule has 2 aromatic heterocycles. The monoisotopic (exact) mass is 506 g/mol. The van der Waals surface area contributed by atoms with E-state index in [2.05, 4.69) is 35.9 Å². The van der Waals surface area contributed by atoms with E-state index in [9.17, 15) is 29.1 Å². The molecule has 0 spiro atoms. The van der Waals surface area contributed by atoms with Crippen molar-refractivity contribution in [1.29, 1.82) is 0 Å². The second-order valence-electron chi connectivity index (χ2n) is 8.46. The molecule has 0 aliphatic carbocycles. The number of aromatic amines is 2. The summed E-state index contributed by atoms with van der Waals surface area (Å²) in [4.78, 5) is 74.2. The average Bonchev–Trinajstić information content (AvgIpc) is 3.49. The minimum absolute atomic E-state index is 0.0542. The molecule has 0 aromatic carbocycles. The molecule has 2 aromatic rings. The molecule has 0 saturated heterocycles. The summed E-state index contributed by atoms with van der Waals surface area (Å²) >= 11 is 0. The van der Waals surface area contributed by atoms with Crippen LogP contribution in [0.2, 0.25) is 0 Å². The Morgan fingerprint density at radius 2 is 1.39 bits per heavy atom. The minimum Gasteiger partial charge on any atom is -0.481 e.